The third-order valence-corrected chi connectivity index (χ3v) is 4.30. The normalized spacial score (nSPS) is 21.8. The second-order valence-electron chi connectivity index (χ2n) is 5.70. The molecule has 2 unspecified atom stereocenters. The lowest BCUT2D eigenvalue weighted by molar-refractivity contribution is -0.127. The van der Waals surface area contributed by atoms with Gasteiger partial charge in [0.2, 0.25) is 5.91 Å². The number of aliphatic hydroxyl groups excluding tert-OH is 1. The van der Waals surface area contributed by atoms with Crippen LogP contribution in [0.25, 0.3) is 11.0 Å². The molecule has 5 nitrogen and oxygen atoms in total. The Morgan fingerprint density at radius 1 is 1.43 bits per heavy atom. The molecule has 3 rings (SSSR count). The van der Waals surface area contributed by atoms with Crippen molar-refractivity contribution < 1.29 is 9.90 Å². The fourth-order valence-electron chi connectivity index (χ4n) is 3.15. The molecule has 2 atom stereocenters. The number of hydrogen-bond acceptors (Lipinski definition) is 3. The SMILES string of the molecule is Cc1nc2ccccc2n1CCNC(=O)C1CCCC1O. The van der Waals surface area contributed by atoms with Gasteiger partial charge in [0.15, 0.2) is 0 Å². The molecular weight excluding hydrogens is 266 g/mol. The number of aryl methyl sites for hydroxylation is 1. The molecule has 1 amide bonds. The molecule has 0 aliphatic heterocycles. The fraction of sp³-hybridized carbons (Fsp3) is 0.500. The van der Waals surface area contributed by atoms with Crippen molar-refractivity contribution in [3.05, 3.63) is 30.1 Å². The molecule has 1 aliphatic carbocycles. The number of amides is 1. The molecule has 0 bridgehead atoms. The summed E-state index contributed by atoms with van der Waals surface area (Å²) in [5.74, 6) is 0.694. The first-order valence-corrected chi connectivity index (χ1v) is 7.54. The first kappa shape index (κ1) is 14.1. The highest BCUT2D eigenvalue weighted by molar-refractivity contribution is 5.79. The summed E-state index contributed by atoms with van der Waals surface area (Å²) in [4.78, 5) is 16.5. The van der Waals surface area contributed by atoms with Crippen LogP contribution < -0.4 is 5.32 Å². The molecule has 1 fully saturated rings. The minimum Gasteiger partial charge on any atom is -0.392 e. The smallest absolute Gasteiger partial charge is 0.225 e. The van der Waals surface area contributed by atoms with E-state index in [-0.39, 0.29) is 11.8 Å². The maximum atomic E-state index is 12.0. The number of rotatable bonds is 4. The molecule has 1 heterocycles. The Labute approximate surface area is 124 Å². The molecule has 2 aromatic rings. The monoisotopic (exact) mass is 287 g/mol. The van der Waals surface area contributed by atoms with Gasteiger partial charge in [0.25, 0.3) is 0 Å². The Morgan fingerprint density at radius 2 is 2.24 bits per heavy atom. The predicted molar refractivity (Wildman–Crippen MR) is 80.8 cm³/mol. The van der Waals surface area contributed by atoms with Crippen molar-refractivity contribution in [2.75, 3.05) is 6.54 Å². The van der Waals surface area contributed by atoms with Crippen LogP contribution in [0.4, 0.5) is 0 Å². The minimum atomic E-state index is -0.471. The molecule has 21 heavy (non-hydrogen) atoms. The van der Waals surface area contributed by atoms with Crippen molar-refractivity contribution >= 4 is 16.9 Å². The van der Waals surface area contributed by atoms with E-state index in [1.165, 1.54) is 0 Å². The van der Waals surface area contributed by atoms with Crippen LogP contribution in [-0.4, -0.2) is 33.2 Å². The zero-order chi connectivity index (χ0) is 14.8. The van der Waals surface area contributed by atoms with Crippen molar-refractivity contribution in [1.29, 1.82) is 0 Å². The van der Waals surface area contributed by atoms with Crippen LogP contribution in [0.1, 0.15) is 25.1 Å². The number of carbonyl (C=O) groups is 1. The summed E-state index contributed by atoms with van der Waals surface area (Å²) < 4.78 is 2.11. The zero-order valence-corrected chi connectivity index (χ0v) is 12.2. The highest BCUT2D eigenvalue weighted by Crippen LogP contribution is 2.25. The average Bonchev–Trinajstić information content (AvgIpc) is 3.03. The number of imidazole rings is 1. The van der Waals surface area contributed by atoms with E-state index >= 15 is 0 Å². The van der Waals surface area contributed by atoms with E-state index in [0.717, 1.165) is 36.1 Å². The lowest BCUT2D eigenvalue weighted by atomic mass is 10.1. The van der Waals surface area contributed by atoms with Crippen molar-refractivity contribution in [2.24, 2.45) is 5.92 Å². The maximum Gasteiger partial charge on any atom is 0.225 e. The largest absolute Gasteiger partial charge is 0.392 e. The quantitative estimate of drug-likeness (QED) is 0.898. The van der Waals surface area contributed by atoms with Gasteiger partial charge in [0, 0.05) is 13.1 Å². The van der Waals surface area contributed by atoms with Gasteiger partial charge in [0.1, 0.15) is 5.82 Å². The van der Waals surface area contributed by atoms with E-state index in [2.05, 4.69) is 14.9 Å². The molecule has 0 spiro atoms. The first-order valence-electron chi connectivity index (χ1n) is 7.54. The lowest BCUT2D eigenvalue weighted by Gasteiger charge is -2.15. The molecule has 1 saturated carbocycles. The third-order valence-electron chi connectivity index (χ3n) is 4.30. The van der Waals surface area contributed by atoms with E-state index < -0.39 is 6.10 Å². The van der Waals surface area contributed by atoms with Crippen molar-refractivity contribution in [2.45, 2.75) is 38.8 Å². The molecule has 2 N–H and O–H groups in total. The summed E-state index contributed by atoms with van der Waals surface area (Å²) in [5.41, 5.74) is 2.07. The molecular formula is C16H21N3O2. The topological polar surface area (TPSA) is 67.2 Å². The fourth-order valence-corrected chi connectivity index (χ4v) is 3.15. The molecule has 112 valence electrons. The first-order chi connectivity index (χ1) is 10.2. The van der Waals surface area contributed by atoms with E-state index in [1.807, 2.05) is 31.2 Å². The molecule has 5 heteroatoms. The zero-order valence-electron chi connectivity index (χ0n) is 12.2. The Balaban J connectivity index is 1.62. The maximum absolute atomic E-state index is 12.0. The molecule has 0 radical (unpaired) electrons. The summed E-state index contributed by atoms with van der Waals surface area (Å²) in [6.45, 7) is 3.23. The van der Waals surface area contributed by atoms with Crippen molar-refractivity contribution in [3.8, 4) is 0 Å². The van der Waals surface area contributed by atoms with Gasteiger partial charge in [-0.25, -0.2) is 4.98 Å². The standard InChI is InChI=1S/C16H21N3O2/c1-11-18-13-6-2-3-7-14(13)19(11)10-9-17-16(21)12-5-4-8-15(12)20/h2-3,6-7,12,15,20H,4-5,8-10H2,1H3,(H,17,21). The Morgan fingerprint density at radius 3 is 3.00 bits per heavy atom. The molecule has 1 aliphatic rings. The van der Waals surface area contributed by atoms with Crippen LogP contribution in [0.2, 0.25) is 0 Å². The number of hydrogen-bond donors (Lipinski definition) is 2. The Kier molecular flexibility index (Phi) is 3.92. The van der Waals surface area contributed by atoms with Crippen LogP contribution >= 0.6 is 0 Å². The van der Waals surface area contributed by atoms with Gasteiger partial charge in [-0.05, 0) is 38.3 Å². The van der Waals surface area contributed by atoms with Gasteiger partial charge in [-0.15, -0.1) is 0 Å². The average molecular weight is 287 g/mol. The summed E-state index contributed by atoms with van der Waals surface area (Å²) >= 11 is 0. The number of fused-ring (bicyclic) bond motifs is 1. The van der Waals surface area contributed by atoms with Crippen LogP contribution in [-0.2, 0) is 11.3 Å². The van der Waals surface area contributed by atoms with Gasteiger partial charge in [0.05, 0.1) is 23.1 Å². The number of nitrogens with one attached hydrogen (secondary N) is 1. The van der Waals surface area contributed by atoms with E-state index in [1.54, 1.807) is 0 Å². The van der Waals surface area contributed by atoms with Gasteiger partial charge < -0.3 is 15.0 Å². The second kappa shape index (κ2) is 5.85. The number of aromatic nitrogens is 2. The van der Waals surface area contributed by atoms with Crippen LogP contribution in [0, 0.1) is 12.8 Å². The highest BCUT2D eigenvalue weighted by Gasteiger charge is 2.31. The predicted octanol–water partition coefficient (Wildman–Crippen LogP) is 1.62. The number of para-hydroxylation sites is 2. The minimum absolute atomic E-state index is 0.0259. The Bertz CT molecular complexity index is 650. The Hall–Kier alpha value is -1.88. The van der Waals surface area contributed by atoms with E-state index in [0.29, 0.717) is 13.1 Å². The summed E-state index contributed by atoms with van der Waals surface area (Å²) in [6, 6.07) is 8.00. The summed E-state index contributed by atoms with van der Waals surface area (Å²) in [5, 5.41) is 12.7. The van der Waals surface area contributed by atoms with Gasteiger partial charge in [-0.3, -0.25) is 4.79 Å². The number of benzene rings is 1. The summed E-state index contributed by atoms with van der Waals surface area (Å²) in [7, 11) is 0. The van der Waals surface area contributed by atoms with Crippen molar-refractivity contribution in [3.63, 3.8) is 0 Å². The van der Waals surface area contributed by atoms with Crippen LogP contribution in [0.3, 0.4) is 0 Å². The lowest BCUT2D eigenvalue weighted by Crippen LogP contribution is -2.36. The van der Waals surface area contributed by atoms with E-state index in [9.17, 15) is 9.90 Å². The van der Waals surface area contributed by atoms with Crippen LogP contribution in [0.15, 0.2) is 24.3 Å². The van der Waals surface area contributed by atoms with Gasteiger partial charge in [-0.2, -0.15) is 0 Å². The molecule has 1 aromatic carbocycles. The number of nitrogens with zero attached hydrogens (tertiary/aromatic N) is 2. The van der Waals surface area contributed by atoms with E-state index in [4.69, 9.17) is 0 Å². The van der Waals surface area contributed by atoms with Crippen LogP contribution in [0.5, 0.6) is 0 Å². The number of aliphatic hydroxyl groups is 1. The third kappa shape index (κ3) is 2.78. The van der Waals surface area contributed by atoms with Gasteiger partial charge >= 0.3 is 0 Å². The van der Waals surface area contributed by atoms with Crippen molar-refractivity contribution in [1.82, 2.24) is 14.9 Å². The molecule has 1 aromatic heterocycles. The second-order valence-corrected chi connectivity index (χ2v) is 5.70. The highest BCUT2D eigenvalue weighted by atomic mass is 16.3. The number of carbonyl (C=O) groups excluding carboxylic acids is 1. The molecule has 0 saturated heterocycles. The van der Waals surface area contributed by atoms with Gasteiger partial charge in [-0.1, -0.05) is 12.1 Å². The summed E-state index contributed by atoms with van der Waals surface area (Å²) in [6.07, 6.45) is 1.99.